The average Bonchev–Trinajstić information content (AvgIpc) is 2.51. The molecular weight excluding hydrogens is 246 g/mol. The summed E-state index contributed by atoms with van der Waals surface area (Å²) in [7, 11) is 2.00. The summed E-state index contributed by atoms with van der Waals surface area (Å²) in [6.07, 6.45) is 1.14. The molecule has 2 heteroatoms. The molecule has 2 nitrogen and oxygen atoms in total. The lowest BCUT2D eigenvalue weighted by Gasteiger charge is -2.17. The summed E-state index contributed by atoms with van der Waals surface area (Å²) >= 11 is 0. The maximum atomic E-state index is 5.98. The highest BCUT2D eigenvalue weighted by molar-refractivity contribution is 5.30. The zero-order valence-corrected chi connectivity index (χ0v) is 12.5. The van der Waals surface area contributed by atoms with E-state index in [2.05, 4.69) is 55.6 Å². The van der Waals surface area contributed by atoms with E-state index in [1.165, 1.54) is 11.1 Å². The first-order chi connectivity index (χ1) is 9.74. The zero-order valence-electron chi connectivity index (χ0n) is 12.5. The fourth-order valence-electron chi connectivity index (χ4n) is 2.38. The molecule has 2 aromatic carbocycles. The summed E-state index contributed by atoms with van der Waals surface area (Å²) in [6, 6.07) is 19.1. The van der Waals surface area contributed by atoms with Crippen LogP contribution in [0.25, 0.3) is 0 Å². The lowest BCUT2D eigenvalue weighted by atomic mass is 10.0. The van der Waals surface area contributed by atoms with Crippen LogP contribution in [0.2, 0.25) is 0 Å². The molecule has 0 aliphatic heterocycles. The zero-order chi connectivity index (χ0) is 14.4. The summed E-state index contributed by atoms with van der Waals surface area (Å²) in [6.45, 7) is 4.26. The van der Waals surface area contributed by atoms with E-state index in [1.54, 1.807) is 0 Å². The van der Waals surface area contributed by atoms with Gasteiger partial charge in [0, 0.05) is 6.04 Å². The van der Waals surface area contributed by atoms with E-state index in [-0.39, 0.29) is 6.10 Å². The third-order valence-corrected chi connectivity index (χ3v) is 3.62. The van der Waals surface area contributed by atoms with Crippen LogP contribution in [0.5, 0.6) is 5.75 Å². The maximum absolute atomic E-state index is 5.98. The summed E-state index contributed by atoms with van der Waals surface area (Å²) in [5.74, 6) is 0.913. The second-order valence-electron chi connectivity index (χ2n) is 4.99. The molecule has 2 aromatic rings. The van der Waals surface area contributed by atoms with Crippen molar-refractivity contribution < 1.29 is 4.74 Å². The molecular formula is C18H23NO. The van der Waals surface area contributed by atoms with E-state index in [0.717, 1.165) is 12.2 Å². The molecule has 0 bridgehead atoms. The highest BCUT2D eigenvalue weighted by Crippen LogP contribution is 2.24. The minimum atomic E-state index is 0.0633. The molecule has 0 radical (unpaired) electrons. The first kappa shape index (κ1) is 14.6. The van der Waals surface area contributed by atoms with Gasteiger partial charge < -0.3 is 10.1 Å². The number of rotatable bonds is 6. The van der Waals surface area contributed by atoms with Crippen LogP contribution in [-0.4, -0.2) is 7.05 Å². The Balaban J connectivity index is 2.04. The molecule has 0 saturated heterocycles. The van der Waals surface area contributed by atoms with Crippen LogP contribution >= 0.6 is 0 Å². The molecule has 1 N–H and O–H groups in total. The van der Waals surface area contributed by atoms with Gasteiger partial charge in [0.15, 0.2) is 0 Å². The quantitative estimate of drug-likeness (QED) is 0.834. The molecule has 2 rings (SSSR count). The maximum Gasteiger partial charge on any atom is 0.121 e. The number of benzene rings is 2. The van der Waals surface area contributed by atoms with Crippen LogP contribution in [0.4, 0.5) is 0 Å². The van der Waals surface area contributed by atoms with E-state index < -0.39 is 0 Å². The molecule has 0 saturated carbocycles. The number of hydrogen-bond acceptors (Lipinski definition) is 2. The Hall–Kier alpha value is -1.80. The van der Waals surface area contributed by atoms with E-state index in [0.29, 0.717) is 6.04 Å². The van der Waals surface area contributed by atoms with Gasteiger partial charge in [-0.05, 0) is 43.7 Å². The monoisotopic (exact) mass is 269 g/mol. The van der Waals surface area contributed by atoms with Crippen molar-refractivity contribution in [2.45, 2.75) is 32.4 Å². The molecule has 0 fully saturated rings. The van der Waals surface area contributed by atoms with Crippen LogP contribution < -0.4 is 10.1 Å². The van der Waals surface area contributed by atoms with Crippen molar-refractivity contribution in [2.75, 3.05) is 7.05 Å². The van der Waals surface area contributed by atoms with Crippen LogP contribution in [0.1, 0.15) is 43.5 Å². The van der Waals surface area contributed by atoms with Gasteiger partial charge >= 0.3 is 0 Å². The second-order valence-corrected chi connectivity index (χ2v) is 4.99. The minimum Gasteiger partial charge on any atom is -0.486 e. The molecule has 0 spiro atoms. The Morgan fingerprint density at radius 1 is 0.950 bits per heavy atom. The summed E-state index contributed by atoms with van der Waals surface area (Å²) < 4.78 is 5.98. The van der Waals surface area contributed by atoms with Gasteiger partial charge in [0.1, 0.15) is 11.9 Å². The summed E-state index contributed by atoms with van der Waals surface area (Å²) in [5, 5.41) is 3.31. The highest BCUT2D eigenvalue weighted by atomic mass is 16.5. The Kier molecular flexibility index (Phi) is 5.19. The van der Waals surface area contributed by atoms with Crippen LogP contribution in [-0.2, 0) is 0 Å². The lowest BCUT2D eigenvalue weighted by molar-refractivity contribution is 0.227. The Labute approximate surface area is 121 Å². The molecule has 106 valence electrons. The van der Waals surface area contributed by atoms with Gasteiger partial charge in [-0.2, -0.15) is 0 Å². The Morgan fingerprint density at radius 2 is 1.60 bits per heavy atom. The molecule has 0 heterocycles. The minimum absolute atomic E-state index is 0.0633. The van der Waals surface area contributed by atoms with Gasteiger partial charge in [-0.15, -0.1) is 0 Å². The predicted molar refractivity (Wildman–Crippen MR) is 84.0 cm³/mol. The van der Waals surface area contributed by atoms with Gasteiger partial charge in [-0.25, -0.2) is 0 Å². The van der Waals surface area contributed by atoms with Gasteiger partial charge in [0.05, 0.1) is 0 Å². The van der Waals surface area contributed by atoms with Crippen molar-refractivity contribution in [1.82, 2.24) is 5.32 Å². The van der Waals surface area contributed by atoms with Crippen molar-refractivity contribution >= 4 is 0 Å². The van der Waals surface area contributed by atoms with E-state index >= 15 is 0 Å². The van der Waals surface area contributed by atoms with Crippen molar-refractivity contribution in [3.63, 3.8) is 0 Å². The van der Waals surface area contributed by atoms with Crippen molar-refractivity contribution in [1.29, 1.82) is 0 Å². The topological polar surface area (TPSA) is 21.3 Å². The first-order valence-corrected chi connectivity index (χ1v) is 7.23. The molecule has 2 atom stereocenters. The van der Waals surface area contributed by atoms with Crippen LogP contribution in [0.3, 0.4) is 0 Å². The van der Waals surface area contributed by atoms with Crippen molar-refractivity contribution in [3.05, 3.63) is 65.7 Å². The normalized spacial score (nSPS) is 13.8. The fraction of sp³-hybridized carbons (Fsp3) is 0.333. The first-order valence-electron chi connectivity index (χ1n) is 7.23. The second kappa shape index (κ2) is 7.11. The van der Waals surface area contributed by atoms with Crippen LogP contribution in [0, 0.1) is 0 Å². The molecule has 0 amide bonds. The SMILES string of the molecule is CCC(NC)c1ccc(OC(C)c2ccccc2)cc1. The standard InChI is InChI=1S/C18H23NO/c1-4-18(19-3)16-10-12-17(13-11-16)20-14(2)15-8-6-5-7-9-15/h5-14,18-19H,4H2,1-3H3. The number of ether oxygens (including phenoxy) is 1. The van der Waals surface area contributed by atoms with E-state index in [1.807, 2.05) is 25.2 Å². The molecule has 0 aliphatic carbocycles. The lowest BCUT2D eigenvalue weighted by Crippen LogP contribution is -2.15. The smallest absolute Gasteiger partial charge is 0.121 e. The third-order valence-electron chi connectivity index (χ3n) is 3.62. The molecule has 2 unspecified atom stereocenters. The van der Waals surface area contributed by atoms with Gasteiger partial charge in [0.2, 0.25) is 0 Å². The van der Waals surface area contributed by atoms with Crippen molar-refractivity contribution in [2.24, 2.45) is 0 Å². The van der Waals surface area contributed by atoms with Gasteiger partial charge in [0.25, 0.3) is 0 Å². The largest absolute Gasteiger partial charge is 0.486 e. The Morgan fingerprint density at radius 3 is 2.15 bits per heavy atom. The highest BCUT2D eigenvalue weighted by Gasteiger charge is 2.09. The fourth-order valence-corrected chi connectivity index (χ4v) is 2.38. The van der Waals surface area contributed by atoms with Gasteiger partial charge in [-0.1, -0.05) is 49.4 Å². The molecule has 0 aromatic heterocycles. The predicted octanol–water partition coefficient (Wildman–Crippen LogP) is 4.50. The Bertz CT molecular complexity index is 503. The average molecular weight is 269 g/mol. The van der Waals surface area contributed by atoms with E-state index in [9.17, 15) is 0 Å². The molecule has 20 heavy (non-hydrogen) atoms. The molecule has 0 aliphatic rings. The van der Waals surface area contributed by atoms with Gasteiger partial charge in [-0.3, -0.25) is 0 Å². The van der Waals surface area contributed by atoms with Crippen molar-refractivity contribution in [3.8, 4) is 5.75 Å². The summed E-state index contributed by atoms with van der Waals surface area (Å²) in [5.41, 5.74) is 2.49. The summed E-state index contributed by atoms with van der Waals surface area (Å²) in [4.78, 5) is 0. The third kappa shape index (κ3) is 3.61. The number of hydrogen-bond donors (Lipinski definition) is 1. The van der Waals surface area contributed by atoms with Crippen LogP contribution in [0.15, 0.2) is 54.6 Å². The van der Waals surface area contributed by atoms with E-state index in [4.69, 9.17) is 4.74 Å². The number of nitrogens with one attached hydrogen (secondary N) is 1.